The van der Waals surface area contributed by atoms with Gasteiger partial charge in [-0.2, -0.15) is 0 Å². The van der Waals surface area contributed by atoms with E-state index < -0.39 is 0 Å². The first-order valence-electron chi connectivity index (χ1n) is 5.91. The molecule has 2 atom stereocenters. The molecule has 3 nitrogen and oxygen atoms in total. The summed E-state index contributed by atoms with van der Waals surface area (Å²) >= 11 is 0. The van der Waals surface area contributed by atoms with Crippen LogP contribution in [-0.4, -0.2) is 18.8 Å². The van der Waals surface area contributed by atoms with E-state index in [1.54, 1.807) is 0 Å². The lowest BCUT2D eigenvalue weighted by Crippen LogP contribution is -2.29. The van der Waals surface area contributed by atoms with Crippen molar-refractivity contribution in [2.75, 3.05) is 17.7 Å². The topological polar surface area (TPSA) is 47.3 Å². The molecule has 1 aromatic carbocycles. The Kier molecular flexibility index (Phi) is 3.34. The Morgan fingerprint density at radius 3 is 2.94 bits per heavy atom. The van der Waals surface area contributed by atoms with Crippen molar-refractivity contribution in [1.29, 1.82) is 0 Å². The maximum absolute atomic E-state index is 5.79. The highest BCUT2D eigenvalue weighted by atomic mass is 16.5. The van der Waals surface area contributed by atoms with Crippen LogP contribution in [0.2, 0.25) is 0 Å². The molecule has 0 aliphatic carbocycles. The predicted octanol–water partition coefficient (Wildman–Crippen LogP) is 2.56. The summed E-state index contributed by atoms with van der Waals surface area (Å²) in [6.07, 6.45) is 2.68. The third kappa shape index (κ3) is 2.47. The minimum Gasteiger partial charge on any atom is -0.399 e. The fraction of sp³-hybridized carbons (Fsp3) is 0.538. The fourth-order valence-corrected chi connectivity index (χ4v) is 2.12. The maximum Gasteiger partial charge on any atom is 0.0774 e. The summed E-state index contributed by atoms with van der Waals surface area (Å²) < 4.78 is 5.65. The number of hydrogen-bond donors (Lipinski definition) is 2. The van der Waals surface area contributed by atoms with Gasteiger partial charge in [-0.15, -0.1) is 0 Å². The summed E-state index contributed by atoms with van der Waals surface area (Å²) in [6, 6.07) is 6.40. The molecular formula is C13H20N2O. The summed E-state index contributed by atoms with van der Waals surface area (Å²) in [5.74, 6) is 0. The molecule has 0 spiro atoms. The molecule has 2 rings (SSSR count). The molecule has 1 aliphatic rings. The SMILES string of the molecule is Cc1cc(NC(C)C2CCCO2)ccc1N. The Balaban J connectivity index is 1.99. The van der Waals surface area contributed by atoms with Crippen LogP contribution < -0.4 is 11.1 Å². The summed E-state index contributed by atoms with van der Waals surface area (Å²) in [5, 5.41) is 3.47. The highest BCUT2D eigenvalue weighted by molar-refractivity contribution is 5.57. The Morgan fingerprint density at radius 1 is 1.50 bits per heavy atom. The zero-order valence-electron chi connectivity index (χ0n) is 9.99. The molecule has 3 N–H and O–H groups in total. The number of nitrogen functional groups attached to an aromatic ring is 1. The minimum absolute atomic E-state index is 0.345. The highest BCUT2D eigenvalue weighted by Crippen LogP contribution is 2.21. The van der Waals surface area contributed by atoms with Gasteiger partial charge in [0.25, 0.3) is 0 Å². The number of hydrogen-bond acceptors (Lipinski definition) is 3. The van der Waals surface area contributed by atoms with E-state index in [2.05, 4.69) is 18.3 Å². The van der Waals surface area contributed by atoms with Gasteiger partial charge in [-0.1, -0.05) is 0 Å². The van der Waals surface area contributed by atoms with Crippen LogP contribution in [-0.2, 0) is 4.74 Å². The van der Waals surface area contributed by atoms with Gasteiger partial charge in [0.1, 0.15) is 0 Å². The van der Waals surface area contributed by atoms with Crippen molar-refractivity contribution in [3.8, 4) is 0 Å². The molecule has 1 aromatic rings. The molecule has 0 bridgehead atoms. The molecule has 0 radical (unpaired) electrons. The Bertz CT molecular complexity index is 359. The highest BCUT2D eigenvalue weighted by Gasteiger charge is 2.22. The first-order valence-corrected chi connectivity index (χ1v) is 5.91. The van der Waals surface area contributed by atoms with Gasteiger partial charge in [0.15, 0.2) is 0 Å². The molecule has 1 saturated heterocycles. The number of aryl methyl sites for hydroxylation is 1. The van der Waals surface area contributed by atoms with Gasteiger partial charge in [0.05, 0.1) is 6.10 Å². The summed E-state index contributed by atoms with van der Waals surface area (Å²) in [5.41, 5.74) is 8.87. The van der Waals surface area contributed by atoms with Gasteiger partial charge in [-0.3, -0.25) is 0 Å². The van der Waals surface area contributed by atoms with Crippen LogP contribution in [0.1, 0.15) is 25.3 Å². The quantitative estimate of drug-likeness (QED) is 0.770. The summed E-state index contributed by atoms with van der Waals surface area (Å²) in [6.45, 7) is 5.09. The third-order valence-corrected chi connectivity index (χ3v) is 3.19. The van der Waals surface area contributed by atoms with Crippen LogP contribution >= 0.6 is 0 Å². The number of rotatable bonds is 3. The number of benzene rings is 1. The van der Waals surface area contributed by atoms with E-state index in [0.29, 0.717) is 12.1 Å². The van der Waals surface area contributed by atoms with E-state index in [4.69, 9.17) is 10.5 Å². The third-order valence-electron chi connectivity index (χ3n) is 3.19. The lowest BCUT2D eigenvalue weighted by atomic mass is 10.1. The van der Waals surface area contributed by atoms with Crippen LogP contribution in [0.4, 0.5) is 11.4 Å². The first-order chi connectivity index (χ1) is 7.66. The average Bonchev–Trinajstić information content (AvgIpc) is 2.77. The van der Waals surface area contributed by atoms with Gasteiger partial charge in [-0.05, 0) is 50.5 Å². The van der Waals surface area contributed by atoms with Gasteiger partial charge >= 0.3 is 0 Å². The number of anilines is 2. The summed E-state index contributed by atoms with van der Waals surface area (Å²) in [7, 11) is 0. The second kappa shape index (κ2) is 4.74. The number of nitrogens with one attached hydrogen (secondary N) is 1. The zero-order chi connectivity index (χ0) is 11.5. The molecule has 3 heteroatoms. The molecule has 1 fully saturated rings. The predicted molar refractivity (Wildman–Crippen MR) is 67.7 cm³/mol. The number of ether oxygens (including phenoxy) is 1. The van der Waals surface area contributed by atoms with E-state index in [9.17, 15) is 0 Å². The zero-order valence-corrected chi connectivity index (χ0v) is 9.99. The van der Waals surface area contributed by atoms with Crippen molar-refractivity contribution >= 4 is 11.4 Å². The molecule has 16 heavy (non-hydrogen) atoms. The van der Waals surface area contributed by atoms with Gasteiger partial charge in [0, 0.05) is 24.0 Å². The minimum atomic E-state index is 0.345. The van der Waals surface area contributed by atoms with E-state index in [1.807, 2.05) is 19.1 Å². The van der Waals surface area contributed by atoms with Gasteiger partial charge in [-0.25, -0.2) is 0 Å². The van der Waals surface area contributed by atoms with Crippen molar-refractivity contribution < 1.29 is 4.74 Å². The van der Waals surface area contributed by atoms with Crippen LogP contribution in [0.15, 0.2) is 18.2 Å². The molecule has 0 aromatic heterocycles. The van der Waals surface area contributed by atoms with E-state index in [0.717, 1.165) is 30.0 Å². The van der Waals surface area contributed by atoms with E-state index in [1.165, 1.54) is 6.42 Å². The molecule has 0 saturated carbocycles. The largest absolute Gasteiger partial charge is 0.399 e. The standard InChI is InChI=1S/C13H20N2O/c1-9-8-11(5-6-12(9)14)15-10(2)13-4-3-7-16-13/h5-6,8,10,13,15H,3-4,7,14H2,1-2H3. The smallest absolute Gasteiger partial charge is 0.0774 e. The summed E-state index contributed by atoms with van der Waals surface area (Å²) in [4.78, 5) is 0. The molecule has 0 amide bonds. The van der Waals surface area contributed by atoms with Crippen molar-refractivity contribution in [3.05, 3.63) is 23.8 Å². The second-order valence-electron chi connectivity index (χ2n) is 4.56. The van der Waals surface area contributed by atoms with Crippen LogP contribution in [0.5, 0.6) is 0 Å². The maximum atomic E-state index is 5.79. The number of nitrogens with two attached hydrogens (primary N) is 1. The molecule has 2 unspecified atom stereocenters. The lowest BCUT2D eigenvalue weighted by Gasteiger charge is -2.21. The molecule has 88 valence electrons. The van der Waals surface area contributed by atoms with Crippen molar-refractivity contribution in [2.45, 2.75) is 38.8 Å². The average molecular weight is 220 g/mol. The fourth-order valence-electron chi connectivity index (χ4n) is 2.12. The molecule has 1 aliphatic heterocycles. The van der Waals surface area contributed by atoms with E-state index in [-0.39, 0.29) is 0 Å². The van der Waals surface area contributed by atoms with Gasteiger partial charge in [0.2, 0.25) is 0 Å². The van der Waals surface area contributed by atoms with Crippen molar-refractivity contribution in [1.82, 2.24) is 0 Å². The van der Waals surface area contributed by atoms with Gasteiger partial charge < -0.3 is 15.8 Å². The van der Waals surface area contributed by atoms with Crippen molar-refractivity contribution in [3.63, 3.8) is 0 Å². The van der Waals surface area contributed by atoms with Crippen molar-refractivity contribution in [2.24, 2.45) is 0 Å². The Morgan fingerprint density at radius 2 is 2.31 bits per heavy atom. The van der Waals surface area contributed by atoms with Crippen LogP contribution in [0.3, 0.4) is 0 Å². The first kappa shape index (κ1) is 11.3. The normalized spacial score (nSPS) is 22.0. The Hall–Kier alpha value is -1.22. The monoisotopic (exact) mass is 220 g/mol. The molecule has 1 heterocycles. The molecular weight excluding hydrogens is 200 g/mol. The van der Waals surface area contributed by atoms with Crippen LogP contribution in [0, 0.1) is 6.92 Å². The van der Waals surface area contributed by atoms with Crippen LogP contribution in [0.25, 0.3) is 0 Å². The Labute approximate surface area is 97.0 Å². The lowest BCUT2D eigenvalue weighted by molar-refractivity contribution is 0.0996. The second-order valence-corrected chi connectivity index (χ2v) is 4.56. The van der Waals surface area contributed by atoms with E-state index >= 15 is 0 Å².